The minimum Gasteiger partial charge on any atom is -0.359 e. The van der Waals surface area contributed by atoms with E-state index in [1.807, 2.05) is 0 Å². The van der Waals surface area contributed by atoms with Crippen molar-refractivity contribution in [2.24, 2.45) is 0 Å². The van der Waals surface area contributed by atoms with Gasteiger partial charge in [-0.25, -0.2) is 0 Å². The normalized spacial score (nSPS) is 10.2. The van der Waals surface area contributed by atoms with Crippen molar-refractivity contribution in [3.63, 3.8) is 0 Å². The van der Waals surface area contributed by atoms with Crippen LogP contribution in [-0.4, -0.2) is 26.3 Å². The molecule has 0 rings (SSSR count). The van der Waals surface area contributed by atoms with E-state index in [2.05, 4.69) is 0 Å². The van der Waals surface area contributed by atoms with Gasteiger partial charge in [0.15, 0.2) is 0 Å². The van der Waals surface area contributed by atoms with Gasteiger partial charge in [0.05, 0.1) is 0 Å². The van der Waals surface area contributed by atoms with Crippen LogP contribution in [0.5, 0.6) is 0 Å². The number of carbonyl (C=O) groups excluding carboxylic acids is 1. The molecule has 0 aliphatic heterocycles. The zero-order valence-corrected chi connectivity index (χ0v) is 7.97. The summed E-state index contributed by atoms with van der Waals surface area (Å²) in [6.07, 6.45) is 3.75. The van der Waals surface area contributed by atoms with Crippen molar-refractivity contribution in [2.45, 2.75) is 32.6 Å². The fourth-order valence-electron chi connectivity index (χ4n) is 0.897. The van der Waals surface area contributed by atoms with E-state index in [-0.39, 0.29) is 5.78 Å². The molecule has 3 nitrogen and oxygen atoms in total. The van der Waals surface area contributed by atoms with Crippen LogP contribution >= 0.6 is 0 Å². The molecule has 0 aliphatic carbocycles. The first kappa shape index (κ1) is 11.6. The van der Waals surface area contributed by atoms with E-state index >= 15 is 0 Å². The molecule has 0 aromatic heterocycles. The van der Waals surface area contributed by atoms with Crippen LogP contribution in [-0.2, 0) is 14.3 Å². The zero-order chi connectivity index (χ0) is 9.23. The number of ketones is 1. The van der Waals surface area contributed by atoms with Crippen LogP contribution < -0.4 is 0 Å². The van der Waals surface area contributed by atoms with Crippen molar-refractivity contribution >= 4 is 5.78 Å². The third kappa shape index (κ3) is 9.59. The van der Waals surface area contributed by atoms with Crippen molar-refractivity contribution in [2.75, 3.05) is 20.5 Å². The van der Waals surface area contributed by atoms with Gasteiger partial charge in [-0.1, -0.05) is 6.42 Å². The fraction of sp³-hybridized carbons (Fsp3) is 0.889. The first-order valence-corrected chi connectivity index (χ1v) is 4.33. The molecule has 0 N–H and O–H groups in total. The molecular weight excluding hydrogens is 156 g/mol. The second-order valence-electron chi connectivity index (χ2n) is 2.83. The molecule has 0 spiro atoms. The van der Waals surface area contributed by atoms with Crippen molar-refractivity contribution in [1.29, 1.82) is 0 Å². The Bertz CT molecular complexity index is 112. The summed E-state index contributed by atoms with van der Waals surface area (Å²) in [5.74, 6) is 0.271. The molecule has 0 amide bonds. The highest BCUT2D eigenvalue weighted by molar-refractivity contribution is 5.75. The predicted molar refractivity (Wildman–Crippen MR) is 47.0 cm³/mol. The Kier molecular flexibility index (Phi) is 8.39. The van der Waals surface area contributed by atoms with Gasteiger partial charge in [-0.2, -0.15) is 0 Å². The van der Waals surface area contributed by atoms with Crippen molar-refractivity contribution in [1.82, 2.24) is 0 Å². The number of Topliss-reactive ketones (excluding diaryl/α,β-unsaturated/α-hetero) is 1. The number of methoxy groups -OCH3 is 1. The van der Waals surface area contributed by atoms with Crippen LogP contribution in [0.25, 0.3) is 0 Å². The number of ether oxygens (including phenoxy) is 2. The van der Waals surface area contributed by atoms with E-state index in [1.165, 1.54) is 0 Å². The molecule has 0 aliphatic rings. The van der Waals surface area contributed by atoms with Crippen LogP contribution in [0.4, 0.5) is 0 Å². The summed E-state index contributed by atoms with van der Waals surface area (Å²) in [4.78, 5) is 10.5. The Morgan fingerprint density at radius 2 is 2.00 bits per heavy atom. The first-order valence-electron chi connectivity index (χ1n) is 4.33. The Hall–Kier alpha value is -0.410. The standard InChI is InChI=1S/C9H18O3/c1-9(10)6-4-3-5-7-12-8-11-2/h3-8H2,1-2H3. The van der Waals surface area contributed by atoms with E-state index in [4.69, 9.17) is 9.47 Å². The van der Waals surface area contributed by atoms with Gasteiger partial charge in [0, 0.05) is 20.1 Å². The number of carbonyl (C=O) groups is 1. The molecule has 0 saturated heterocycles. The maximum Gasteiger partial charge on any atom is 0.146 e. The summed E-state index contributed by atoms with van der Waals surface area (Å²) in [7, 11) is 1.61. The molecule has 3 heteroatoms. The van der Waals surface area contributed by atoms with Gasteiger partial charge in [-0.05, 0) is 19.8 Å². The molecule has 0 heterocycles. The molecule has 0 bridgehead atoms. The van der Waals surface area contributed by atoms with Gasteiger partial charge in [0.25, 0.3) is 0 Å². The molecule has 0 fully saturated rings. The maximum atomic E-state index is 10.5. The minimum absolute atomic E-state index is 0.271. The van der Waals surface area contributed by atoms with Gasteiger partial charge in [0.1, 0.15) is 12.6 Å². The number of unbranched alkanes of at least 4 members (excludes halogenated alkanes) is 2. The lowest BCUT2D eigenvalue weighted by Crippen LogP contribution is -1.98. The Morgan fingerprint density at radius 1 is 1.25 bits per heavy atom. The summed E-state index contributed by atoms with van der Waals surface area (Å²) in [5, 5.41) is 0. The van der Waals surface area contributed by atoms with E-state index < -0.39 is 0 Å². The molecule has 0 unspecified atom stereocenters. The molecule has 0 atom stereocenters. The largest absolute Gasteiger partial charge is 0.359 e. The average Bonchev–Trinajstić information content (AvgIpc) is 2.02. The molecule has 12 heavy (non-hydrogen) atoms. The highest BCUT2D eigenvalue weighted by Gasteiger charge is 1.93. The number of hydrogen-bond acceptors (Lipinski definition) is 3. The summed E-state index contributed by atoms with van der Waals surface area (Å²) < 4.78 is 9.79. The average molecular weight is 174 g/mol. The second-order valence-corrected chi connectivity index (χ2v) is 2.83. The van der Waals surface area contributed by atoms with Crippen molar-refractivity contribution in [3.8, 4) is 0 Å². The van der Waals surface area contributed by atoms with E-state index in [1.54, 1.807) is 14.0 Å². The van der Waals surface area contributed by atoms with Gasteiger partial charge in [-0.15, -0.1) is 0 Å². The van der Waals surface area contributed by atoms with Crippen LogP contribution in [0, 0.1) is 0 Å². The van der Waals surface area contributed by atoms with Crippen LogP contribution in [0.1, 0.15) is 32.6 Å². The van der Waals surface area contributed by atoms with E-state index in [9.17, 15) is 4.79 Å². The Labute approximate surface area is 74.0 Å². The highest BCUT2D eigenvalue weighted by atomic mass is 16.7. The van der Waals surface area contributed by atoms with Gasteiger partial charge in [-0.3, -0.25) is 0 Å². The lowest BCUT2D eigenvalue weighted by Gasteiger charge is -2.01. The fourth-order valence-corrected chi connectivity index (χ4v) is 0.897. The predicted octanol–water partition coefficient (Wildman–Crippen LogP) is 1.76. The Balaban J connectivity index is 2.86. The SMILES string of the molecule is COCOCCCCCC(C)=O. The third-order valence-electron chi connectivity index (χ3n) is 1.52. The first-order chi connectivity index (χ1) is 5.77. The lowest BCUT2D eigenvalue weighted by molar-refractivity contribution is -0.117. The van der Waals surface area contributed by atoms with Crippen molar-refractivity contribution < 1.29 is 14.3 Å². The molecule has 0 saturated carbocycles. The maximum absolute atomic E-state index is 10.5. The van der Waals surface area contributed by atoms with Crippen LogP contribution in [0.15, 0.2) is 0 Å². The monoisotopic (exact) mass is 174 g/mol. The lowest BCUT2D eigenvalue weighted by atomic mass is 10.1. The smallest absolute Gasteiger partial charge is 0.146 e. The van der Waals surface area contributed by atoms with Gasteiger partial charge in [0.2, 0.25) is 0 Å². The van der Waals surface area contributed by atoms with Gasteiger partial charge >= 0.3 is 0 Å². The minimum atomic E-state index is 0.271. The van der Waals surface area contributed by atoms with Crippen molar-refractivity contribution in [3.05, 3.63) is 0 Å². The molecule has 72 valence electrons. The molecule has 0 radical (unpaired) electrons. The highest BCUT2D eigenvalue weighted by Crippen LogP contribution is 2.00. The van der Waals surface area contributed by atoms with Gasteiger partial charge < -0.3 is 14.3 Å². The zero-order valence-electron chi connectivity index (χ0n) is 7.97. The molecule has 0 aromatic rings. The summed E-state index contributed by atoms with van der Waals surface area (Å²) >= 11 is 0. The number of rotatable bonds is 8. The molecular formula is C9H18O3. The quantitative estimate of drug-likeness (QED) is 0.415. The Morgan fingerprint density at radius 3 is 2.58 bits per heavy atom. The van der Waals surface area contributed by atoms with E-state index in [0.717, 1.165) is 25.9 Å². The summed E-state index contributed by atoms with van der Waals surface area (Å²) in [5.41, 5.74) is 0. The third-order valence-corrected chi connectivity index (χ3v) is 1.52. The topological polar surface area (TPSA) is 35.5 Å². The number of hydrogen-bond donors (Lipinski definition) is 0. The van der Waals surface area contributed by atoms with Crippen LogP contribution in [0.2, 0.25) is 0 Å². The summed E-state index contributed by atoms with van der Waals surface area (Å²) in [6, 6.07) is 0. The summed E-state index contributed by atoms with van der Waals surface area (Å²) in [6.45, 7) is 2.72. The van der Waals surface area contributed by atoms with E-state index in [0.29, 0.717) is 13.2 Å². The van der Waals surface area contributed by atoms with Crippen LogP contribution in [0.3, 0.4) is 0 Å². The second kappa shape index (κ2) is 8.68. The molecule has 0 aromatic carbocycles.